The Balaban J connectivity index is 2.53. The van der Waals surface area contributed by atoms with Gasteiger partial charge in [-0.25, -0.2) is 0 Å². The first-order valence-electron chi connectivity index (χ1n) is 6.38. The average Bonchev–Trinajstić information content (AvgIpc) is 2.42. The molecule has 1 saturated carbocycles. The molecule has 0 heterocycles. The van der Waals surface area contributed by atoms with Gasteiger partial charge < -0.3 is 10.4 Å². The van der Waals surface area contributed by atoms with Crippen LogP contribution >= 0.6 is 23.2 Å². The van der Waals surface area contributed by atoms with Crippen LogP contribution in [0.5, 0.6) is 0 Å². The molecule has 1 aromatic carbocycles. The first-order chi connectivity index (χ1) is 9.02. The molecule has 1 aliphatic rings. The van der Waals surface area contributed by atoms with E-state index in [0.29, 0.717) is 22.9 Å². The Morgan fingerprint density at radius 1 is 1.37 bits per heavy atom. The Morgan fingerprint density at radius 2 is 2.11 bits per heavy atom. The third kappa shape index (κ3) is 2.47. The van der Waals surface area contributed by atoms with E-state index < -0.39 is 11.5 Å². The highest BCUT2D eigenvalue weighted by atomic mass is 35.5. The number of aliphatic hydroxyl groups excluding tert-OH is 1. The minimum absolute atomic E-state index is 0.168. The molecule has 2 atom stereocenters. The van der Waals surface area contributed by atoms with Gasteiger partial charge in [-0.15, -0.1) is 0 Å². The zero-order valence-corrected chi connectivity index (χ0v) is 12.3. The number of amides is 1. The van der Waals surface area contributed by atoms with Crippen molar-refractivity contribution in [2.75, 3.05) is 7.05 Å². The lowest BCUT2D eigenvalue weighted by molar-refractivity contribution is -0.132. The lowest BCUT2D eigenvalue weighted by Gasteiger charge is -2.40. The third-order valence-electron chi connectivity index (χ3n) is 3.93. The summed E-state index contributed by atoms with van der Waals surface area (Å²) in [5.41, 5.74) is -0.185. The van der Waals surface area contributed by atoms with Gasteiger partial charge in [-0.05, 0) is 30.5 Å². The van der Waals surface area contributed by atoms with Crippen LogP contribution in [0.25, 0.3) is 0 Å². The quantitative estimate of drug-likeness (QED) is 0.882. The molecule has 19 heavy (non-hydrogen) atoms. The number of hydrogen-bond donors (Lipinski definition) is 2. The van der Waals surface area contributed by atoms with Gasteiger partial charge in [-0.3, -0.25) is 4.79 Å². The SMILES string of the molecule is CNC(=O)[C@]1(c2ccc(Cl)c(Cl)c2)CCCC[C@@H]1O. The van der Waals surface area contributed by atoms with Crippen molar-refractivity contribution in [3.8, 4) is 0 Å². The summed E-state index contributed by atoms with van der Waals surface area (Å²) in [6.45, 7) is 0. The van der Waals surface area contributed by atoms with Crippen LogP contribution in [-0.2, 0) is 10.2 Å². The number of rotatable bonds is 2. The molecule has 1 fully saturated rings. The highest BCUT2D eigenvalue weighted by Crippen LogP contribution is 2.41. The maximum atomic E-state index is 12.3. The molecular weight excluding hydrogens is 285 g/mol. The van der Waals surface area contributed by atoms with E-state index in [-0.39, 0.29) is 5.91 Å². The predicted octanol–water partition coefficient (Wildman–Crippen LogP) is 2.91. The first-order valence-corrected chi connectivity index (χ1v) is 7.13. The monoisotopic (exact) mass is 301 g/mol. The zero-order chi connectivity index (χ0) is 14.0. The van der Waals surface area contributed by atoms with Crippen molar-refractivity contribution in [3.63, 3.8) is 0 Å². The van der Waals surface area contributed by atoms with Gasteiger partial charge in [0, 0.05) is 7.05 Å². The van der Waals surface area contributed by atoms with Gasteiger partial charge in [0.2, 0.25) is 5.91 Å². The second-order valence-corrected chi connectivity index (χ2v) is 5.76. The van der Waals surface area contributed by atoms with Crippen molar-refractivity contribution in [1.29, 1.82) is 0 Å². The number of carbonyl (C=O) groups is 1. The van der Waals surface area contributed by atoms with Crippen LogP contribution in [-0.4, -0.2) is 24.2 Å². The Bertz CT molecular complexity index is 492. The van der Waals surface area contributed by atoms with Gasteiger partial charge >= 0.3 is 0 Å². The molecule has 5 heteroatoms. The van der Waals surface area contributed by atoms with Crippen LogP contribution < -0.4 is 5.32 Å². The number of benzene rings is 1. The summed E-state index contributed by atoms with van der Waals surface area (Å²) in [4.78, 5) is 12.3. The molecule has 0 aromatic heterocycles. The fourth-order valence-electron chi connectivity index (χ4n) is 2.88. The molecule has 0 radical (unpaired) electrons. The fraction of sp³-hybridized carbons (Fsp3) is 0.500. The Hall–Kier alpha value is -0.770. The molecule has 104 valence electrons. The highest BCUT2D eigenvalue weighted by Gasteiger charge is 2.47. The van der Waals surface area contributed by atoms with Crippen molar-refractivity contribution >= 4 is 29.1 Å². The largest absolute Gasteiger partial charge is 0.392 e. The van der Waals surface area contributed by atoms with Crippen LogP contribution in [0, 0.1) is 0 Å². The molecule has 3 nitrogen and oxygen atoms in total. The van der Waals surface area contributed by atoms with E-state index in [0.717, 1.165) is 18.4 Å². The summed E-state index contributed by atoms with van der Waals surface area (Å²) in [7, 11) is 1.59. The van der Waals surface area contributed by atoms with Crippen LogP contribution in [0.15, 0.2) is 18.2 Å². The molecule has 2 rings (SSSR count). The van der Waals surface area contributed by atoms with Crippen molar-refractivity contribution < 1.29 is 9.90 Å². The first kappa shape index (κ1) is 14.6. The Labute approximate surface area is 122 Å². The molecule has 0 bridgehead atoms. The molecule has 0 saturated heterocycles. The number of carbonyl (C=O) groups excluding carboxylic acids is 1. The lowest BCUT2D eigenvalue weighted by Crippen LogP contribution is -2.53. The smallest absolute Gasteiger partial charge is 0.233 e. The van der Waals surface area contributed by atoms with Gasteiger partial charge in [-0.1, -0.05) is 42.1 Å². The van der Waals surface area contributed by atoms with E-state index in [9.17, 15) is 9.90 Å². The molecule has 0 aliphatic heterocycles. The van der Waals surface area contributed by atoms with Gasteiger partial charge in [-0.2, -0.15) is 0 Å². The minimum atomic E-state index is -0.915. The number of halogens is 2. The van der Waals surface area contributed by atoms with E-state index in [1.165, 1.54) is 0 Å². The number of aliphatic hydroxyl groups is 1. The normalized spacial score (nSPS) is 27.1. The standard InChI is InChI=1S/C14H17Cl2NO2/c1-17-13(19)14(7-3-2-4-12(14)18)9-5-6-10(15)11(16)8-9/h5-6,8,12,18H,2-4,7H2,1H3,(H,17,19)/t12-,14-/m0/s1. The second-order valence-electron chi connectivity index (χ2n) is 4.94. The molecule has 1 amide bonds. The van der Waals surface area contributed by atoms with E-state index >= 15 is 0 Å². The fourth-order valence-corrected chi connectivity index (χ4v) is 3.18. The van der Waals surface area contributed by atoms with Crippen molar-refractivity contribution in [2.45, 2.75) is 37.2 Å². The molecule has 0 spiro atoms. The summed E-state index contributed by atoms with van der Waals surface area (Å²) in [6, 6.07) is 5.14. The van der Waals surface area contributed by atoms with Crippen LogP contribution in [0.1, 0.15) is 31.2 Å². The summed E-state index contributed by atoms with van der Waals surface area (Å²) < 4.78 is 0. The van der Waals surface area contributed by atoms with E-state index in [1.807, 2.05) is 0 Å². The Kier molecular flexibility index (Phi) is 4.39. The van der Waals surface area contributed by atoms with Gasteiger partial charge in [0.25, 0.3) is 0 Å². The third-order valence-corrected chi connectivity index (χ3v) is 4.67. The van der Waals surface area contributed by atoms with Gasteiger partial charge in [0.15, 0.2) is 0 Å². The highest BCUT2D eigenvalue weighted by molar-refractivity contribution is 6.42. The minimum Gasteiger partial charge on any atom is -0.392 e. The summed E-state index contributed by atoms with van der Waals surface area (Å²) >= 11 is 12.0. The average molecular weight is 302 g/mol. The van der Waals surface area contributed by atoms with E-state index in [4.69, 9.17) is 23.2 Å². The molecular formula is C14H17Cl2NO2. The van der Waals surface area contributed by atoms with Crippen molar-refractivity contribution in [3.05, 3.63) is 33.8 Å². The van der Waals surface area contributed by atoms with Crippen LogP contribution in [0.2, 0.25) is 10.0 Å². The second kappa shape index (κ2) is 5.70. The molecule has 1 aliphatic carbocycles. The van der Waals surface area contributed by atoms with Crippen molar-refractivity contribution in [2.24, 2.45) is 0 Å². The van der Waals surface area contributed by atoms with Gasteiger partial charge in [0.1, 0.15) is 0 Å². The van der Waals surface area contributed by atoms with E-state index in [2.05, 4.69) is 5.32 Å². The maximum absolute atomic E-state index is 12.3. The van der Waals surface area contributed by atoms with E-state index in [1.54, 1.807) is 25.2 Å². The summed E-state index contributed by atoms with van der Waals surface area (Å²) in [5.74, 6) is -0.168. The van der Waals surface area contributed by atoms with Crippen molar-refractivity contribution in [1.82, 2.24) is 5.32 Å². The summed E-state index contributed by atoms with van der Waals surface area (Å²) in [5, 5.41) is 13.9. The predicted molar refractivity (Wildman–Crippen MR) is 76.7 cm³/mol. The number of hydrogen-bond acceptors (Lipinski definition) is 2. The zero-order valence-electron chi connectivity index (χ0n) is 10.7. The molecule has 1 aromatic rings. The number of nitrogens with one attached hydrogen (secondary N) is 1. The molecule has 0 unspecified atom stereocenters. The lowest BCUT2D eigenvalue weighted by atomic mass is 9.66. The topological polar surface area (TPSA) is 49.3 Å². The Morgan fingerprint density at radius 3 is 2.68 bits per heavy atom. The van der Waals surface area contributed by atoms with Crippen LogP contribution in [0.4, 0.5) is 0 Å². The van der Waals surface area contributed by atoms with Gasteiger partial charge in [0.05, 0.1) is 21.6 Å². The van der Waals surface area contributed by atoms with Crippen LogP contribution in [0.3, 0.4) is 0 Å². The maximum Gasteiger partial charge on any atom is 0.233 e. The summed E-state index contributed by atoms with van der Waals surface area (Å²) in [6.07, 6.45) is 2.38. The molecule has 2 N–H and O–H groups in total. The number of likely N-dealkylation sites (N-methyl/N-ethyl adjacent to an activating group) is 1.